The van der Waals surface area contributed by atoms with Gasteiger partial charge in [0.2, 0.25) is 0 Å². The Morgan fingerprint density at radius 3 is 2.50 bits per heavy atom. The molecule has 2 heterocycles. The number of ether oxygens (including phenoxy) is 1. The fourth-order valence-electron chi connectivity index (χ4n) is 2.84. The lowest BCUT2D eigenvalue weighted by molar-refractivity contribution is 0.00578. The summed E-state index contributed by atoms with van der Waals surface area (Å²) in [6, 6.07) is 1.79. The zero-order chi connectivity index (χ0) is 17.7. The van der Waals surface area contributed by atoms with E-state index in [0.29, 0.717) is 17.7 Å². The van der Waals surface area contributed by atoms with E-state index in [0.717, 1.165) is 16.5 Å². The lowest BCUT2D eigenvalue weighted by atomic mass is 9.75. The standard InChI is InChI=1S/C17H23BN2O4/c1-7-22-15(21)11-8-12(10(2)13-14(11)20-9-19-13)18-23-16(3,4)17(5,6)24-18/h8-9H,7H2,1-6H3,(H,19,20). The predicted molar refractivity (Wildman–Crippen MR) is 92.5 cm³/mol. The van der Waals surface area contributed by atoms with Crippen LogP contribution in [-0.4, -0.2) is 40.9 Å². The third kappa shape index (κ3) is 2.52. The van der Waals surface area contributed by atoms with Gasteiger partial charge in [0, 0.05) is 0 Å². The van der Waals surface area contributed by atoms with Crippen molar-refractivity contribution in [1.29, 1.82) is 0 Å². The minimum Gasteiger partial charge on any atom is -0.462 e. The molecular formula is C17H23BN2O4. The van der Waals surface area contributed by atoms with E-state index >= 15 is 0 Å². The molecule has 0 spiro atoms. The predicted octanol–water partition coefficient (Wildman–Crippen LogP) is 2.35. The summed E-state index contributed by atoms with van der Waals surface area (Å²) in [6.45, 7) is 12.1. The van der Waals surface area contributed by atoms with Crippen molar-refractivity contribution < 1.29 is 18.8 Å². The molecule has 1 N–H and O–H groups in total. The van der Waals surface area contributed by atoms with Crippen molar-refractivity contribution in [3.63, 3.8) is 0 Å². The first-order valence-corrected chi connectivity index (χ1v) is 8.17. The van der Waals surface area contributed by atoms with Gasteiger partial charge in [0.1, 0.15) is 0 Å². The zero-order valence-electron chi connectivity index (χ0n) is 15.0. The molecule has 0 saturated carbocycles. The molecule has 24 heavy (non-hydrogen) atoms. The fourth-order valence-corrected chi connectivity index (χ4v) is 2.84. The molecule has 0 bridgehead atoms. The van der Waals surface area contributed by atoms with Gasteiger partial charge in [-0.05, 0) is 58.6 Å². The van der Waals surface area contributed by atoms with Crippen molar-refractivity contribution in [2.75, 3.05) is 6.61 Å². The minimum absolute atomic E-state index is 0.314. The number of carbonyl (C=O) groups is 1. The Morgan fingerprint density at radius 1 is 1.29 bits per heavy atom. The molecule has 7 heteroatoms. The van der Waals surface area contributed by atoms with E-state index in [-0.39, 0.29) is 5.97 Å². The van der Waals surface area contributed by atoms with Crippen LogP contribution < -0.4 is 5.46 Å². The molecule has 1 aliphatic heterocycles. The van der Waals surface area contributed by atoms with Crippen molar-refractivity contribution in [3.8, 4) is 0 Å². The molecule has 0 amide bonds. The van der Waals surface area contributed by atoms with E-state index in [4.69, 9.17) is 14.0 Å². The Bertz CT molecular complexity index is 781. The lowest BCUT2D eigenvalue weighted by Crippen LogP contribution is -2.41. The molecule has 0 radical (unpaired) electrons. The Balaban J connectivity index is 2.12. The van der Waals surface area contributed by atoms with Gasteiger partial charge < -0.3 is 19.0 Å². The number of H-pyrrole nitrogens is 1. The number of nitrogens with one attached hydrogen (secondary N) is 1. The molecular weight excluding hydrogens is 307 g/mol. The average Bonchev–Trinajstić information content (AvgIpc) is 3.03. The average molecular weight is 330 g/mol. The summed E-state index contributed by atoms with van der Waals surface area (Å²) in [6.07, 6.45) is 1.58. The number of hydrogen-bond acceptors (Lipinski definition) is 5. The van der Waals surface area contributed by atoms with Gasteiger partial charge in [0.25, 0.3) is 0 Å². The smallest absolute Gasteiger partial charge is 0.462 e. The molecule has 1 saturated heterocycles. The second-order valence-electron chi connectivity index (χ2n) is 7.07. The van der Waals surface area contributed by atoms with Crippen LogP contribution in [-0.2, 0) is 14.0 Å². The summed E-state index contributed by atoms with van der Waals surface area (Å²) in [5, 5.41) is 0. The highest BCUT2D eigenvalue weighted by atomic mass is 16.7. The minimum atomic E-state index is -0.552. The van der Waals surface area contributed by atoms with Crippen LogP contribution in [0.1, 0.15) is 50.5 Å². The third-order valence-electron chi connectivity index (χ3n) is 5.00. The summed E-state index contributed by atoms with van der Waals surface area (Å²) in [5.41, 5.74) is 2.67. The number of benzene rings is 1. The summed E-state index contributed by atoms with van der Waals surface area (Å²) in [5.74, 6) is -0.385. The first-order chi connectivity index (χ1) is 11.2. The number of carbonyl (C=O) groups excluding carboxylic acids is 1. The molecule has 3 rings (SSSR count). The molecule has 6 nitrogen and oxygen atoms in total. The number of esters is 1. The van der Waals surface area contributed by atoms with Gasteiger partial charge in [0.05, 0.1) is 40.7 Å². The maximum absolute atomic E-state index is 12.3. The van der Waals surface area contributed by atoms with E-state index in [1.54, 1.807) is 19.3 Å². The Hall–Kier alpha value is -1.86. The van der Waals surface area contributed by atoms with Gasteiger partial charge in [-0.1, -0.05) is 0 Å². The van der Waals surface area contributed by atoms with Crippen LogP contribution >= 0.6 is 0 Å². The molecule has 1 fully saturated rings. The number of aromatic amines is 1. The topological polar surface area (TPSA) is 73.4 Å². The number of fused-ring (bicyclic) bond motifs is 1. The van der Waals surface area contributed by atoms with Crippen LogP contribution in [0.3, 0.4) is 0 Å². The van der Waals surface area contributed by atoms with Crippen LogP contribution in [0.5, 0.6) is 0 Å². The van der Waals surface area contributed by atoms with Crippen molar-refractivity contribution in [1.82, 2.24) is 9.97 Å². The SMILES string of the molecule is CCOC(=O)c1cc(B2OC(C)(C)C(C)(C)O2)c(C)c2nc[nH]c12. The molecule has 128 valence electrons. The molecule has 0 unspecified atom stereocenters. The Kier molecular flexibility index (Phi) is 3.96. The molecule has 1 aromatic heterocycles. The van der Waals surface area contributed by atoms with Crippen LogP contribution in [0.4, 0.5) is 0 Å². The maximum Gasteiger partial charge on any atom is 0.495 e. The van der Waals surface area contributed by atoms with E-state index in [2.05, 4.69) is 9.97 Å². The van der Waals surface area contributed by atoms with Gasteiger partial charge >= 0.3 is 13.1 Å². The number of aromatic nitrogens is 2. The highest BCUT2D eigenvalue weighted by Gasteiger charge is 2.52. The number of nitrogens with zero attached hydrogens (tertiary/aromatic N) is 1. The molecule has 0 atom stereocenters. The van der Waals surface area contributed by atoms with Crippen LogP contribution in [0.25, 0.3) is 11.0 Å². The number of rotatable bonds is 3. The van der Waals surface area contributed by atoms with Gasteiger partial charge in [0.15, 0.2) is 0 Å². The Morgan fingerprint density at radius 2 is 1.92 bits per heavy atom. The first-order valence-electron chi connectivity index (χ1n) is 8.17. The normalized spacial score (nSPS) is 19.0. The second-order valence-corrected chi connectivity index (χ2v) is 7.07. The van der Waals surface area contributed by atoms with Crippen LogP contribution in [0.15, 0.2) is 12.4 Å². The summed E-state index contributed by atoms with van der Waals surface area (Å²) < 4.78 is 17.5. The number of imidazole rings is 1. The quantitative estimate of drug-likeness (QED) is 0.691. The van der Waals surface area contributed by atoms with Crippen molar-refractivity contribution in [2.45, 2.75) is 52.7 Å². The number of hydrogen-bond donors (Lipinski definition) is 1. The van der Waals surface area contributed by atoms with Crippen LogP contribution in [0.2, 0.25) is 0 Å². The summed E-state index contributed by atoms with van der Waals surface area (Å²) >= 11 is 0. The lowest BCUT2D eigenvalue weighted by Gasteiger charge is -2.32. The fraction of sp³-hybridized carbons (Fsp3) is 0.529. The van der Waals surface area contributed by atoms with Crippen molar-refractivity contribution in [3.05, 3.63) is 23.5 Å². The van der Waals surface area contributed by atoms with Gasteiger partial charge in [-0.2, -0.15) is 0 Å². The van der Waals surface area contributed by atoms with Crippen molar-refractivity contribution in [2.24, 2.45) is 0 Å². The summed E-state index contributed by atoms with van der Waals surface area (Å²) in [7, 11) is -0.552. The van der Waals surface area contributed by atoms with E-state index in [9.17, 15) is 4.79 Å². The Labute approximate surface area is 142 Å². The van der Waals surface area contributed by atoms with Gasteiger partial charge in [-0.25, -0.2) is 9.78 Å². The monoisotopic (exact) mass is 330 g/mol. The highest BCUT2D eigenvalue weighted by Crippen LogP contribution is 2.37. The molecule has 1 aliphatic rings. The van der Waals surface area contributed by atoms with Crippen molar-refractivity contribution >= 4 is 29.6 Å². The van der Waals surface area contributed by atoms with Gasteiger partial charge in [-0.3, -0.25) is 0 Å². The molecule has 1 aromatic carbocycles. The third-order valence-corrected chi connectivity index (χ3v) is 5.00. The van der Waals surface area contributed by atoms with Gasteiger partial charge in [-0.15, -0.1) is 0 Å². The zero-order valence-corrected chi connectivity index (χ0v) is 15.0. The first kappa shape index (κ1) is 17.0. The highest BCUT2D eigenvalue weighted by molar-refractivity contribution is 6.63. The van der Waals surface area contributed by atoms with Crippen LogP contribution in [0, 0.1) is 6.92 Å². The molecule has 0 aliphatic carbocycles. The number of aryl methyl sites for hydroxylation is 1. The summed E-state index contributed by atoms with van der Waals surface area (Å²) in [4.78, 5) is 19.7. The maximum atomic E-state index is 12.3. The second kappa shape index (κ2) is 5.60. The molecule has 2 aromatic rings. The van der Waals surface area contributed by atoms with E-state index in [1.807, 2.05) is 34.6 Å². The van der Waals surface area contributed by atoms with E-state index < -0.39 is 18.3 Å². The largest absolute Gasteiger partial charge is 0.495 e. The van der Waals surface area contributed by atoms with E-state index in [1.165, 1.54) is 0 Å².